The molecule has 1 unspecified atom stereocenters. The Kier molecular flexibility index (Phi) is 1.86. The van der Waals surface area contributed by atoms with Crippen molar-refractivity contribution in [1.82, 2.24) is 0 Å². The van der Waals surface area contributed by atoms with Crippen LogP contribution in [0.4, 0.5) is 0 Å². The number of aliphatic hydroxyl groups excluding tert-OH is 1. The number of aliphatic hydroxyl groups is 1. The first-order valence-corrected chi connectivity index (χ1v) is 6.74. The van der Waals surface area contributed by atoms with Gasteiger partial charge in [0.15, 0.2) is 0 Å². The van der Waals surface area contributed by atoms with E-state index in [1.54, 1.807) is 0 Å². The van der Waals surface area contributed by atoms with Gasteiger partial charge in [0.05, 0.1) is 6.10 Å². The van der Waals surface area contributed by atoms with Gasteiger partial charge in [-0.1, -0.05) is 39.3 Å². The number of rotatable bonds is 0. The average molecular weight is 220 g/mol. The second-order valence-corrected chi connectivity index (χ2v) is 7.06. The van der Waals surface area contributed by atoms with Crippen LogP contribution in [0, 0.1) is 22.2 Å². The number of hydrogen-bond donors (Lipinski definition) is 1. The second-order valence-electron chi connectivity index (χ2n) is 7.06. The minimum atomic E-state index is -0.112. The van der Waals surface area contributed by atoms with E-state index < -0.39 is 0 Å². The van der Waals surface area contributed by atoms with Crippen LogP contribution in [-0.2, 0) is 0 Å². The summed E-state index contributed by atoms with van der Waals surface area (Å²) in [6, 6.07) is 0. The lowest BCUT2D eigenvalue weighted by molar-refractivity contribution is -0.00314. The van der Waals surface area contributed by atoms with Crippen molar-refractivity contribution in [2.24, 2.45) is 22.2 Å². The molecule has 0 aromatic carbocycles. The van der Waals surface area contributed by atoms with Crippen LogP contribution in [0.3, 0.4) is 0 Å². The summed E-state index contributed by atoms with van der Waals surface area (Å²) < 4.78 is 0. The monoisotopic (exact) mass is 220 g/mol. The van der Waals surface area contributed by atoms with Gasteiger partial charge in [0, 0.05) is 0 Å². The summed E-state index contributed by atoms with van der Waals surface area (Å²) in [5, 5.41) is 10.3. The van der Waals surface area contributed by atoms with Crippen molar-refractivity contribution in [2.75, 3.05) is 0 Å². The zero-order chi connectivity index (χ0) is 11.8. The van der Waals surface area contributed by atoms with Gasteiger partial charge in [0.2, 0.25) is 0 Å². The molecule has 1 spiro atoms. The molecule has 90 valence electrons. The highest BCUT2D eigenvalue weighted by atomic mass is 16.3. The Balaban J connectivity index is 2.21. The summed E-state index contributed by atoms with van der Waals surface area (Å²) in [4.78, 5) is 0. The zero-order valence-electron chi connectivity index (χ0n) is 10.8. The molecule has 3 rings (SSSR count). The Hall–Kier alpha value is -0.300. The third-order valence-corrected chi connectivity index (χ3v) is 6.72. The van der Waals surface area contributed by atoms with E-state index in [0.29, 0.717) is 16.7 Å². The number of hydrogen-bond acceptors (Lipinski definition) is 1. The van der Waals surface area contributed by atoms with Crippen molar-refractivity contribution in [2.45, 2.75) is 59.0 Å². The van der Waals surface area contributed by atoms with Crippen molar-refractivity contribution in [1.29, 1.82) is 0 Å². The van der Waals surface area contributed by atoms with E-state index in [1.807, 2.05) is 0 Å². The molecule has 1 heteroatoms. The molecule has 0 heterocycles. The van der Waals surface area contributed by atoms with E-state index in [0.717, 1.165) is 6.42 Å². The van der Waals surface area contributed by atoms with Gasteiger partial charge in [-0.3, -0.25) is 0 Å². The molecular weight excluding hydrogens is 196 g/mol. The molecule has 0 aromatic rings. The predicted molar refractivity (Wildman–Crippen MR) is 66.0 cm³/mol. The highest BCUT2D eigenvalue weighted by Crippen LogP contribution is 2.79. The summed E-state index contributed by atoms with van der Waals surface area (Å²) in [6.07, 6.45) is 6.01. The molecule has 0 amide bonds. The molecule has 16 heavy (non-hydrogen) atoms. The highest BCUT2D eigenvalue weighted by molar-refractivity contribution is 5.34. The van der Waals surface area contributed by atoms with Crippen molar-refractivity contribution in [3.63, 3.8) is 0 Å². The van der Waals surface area contributed by atoms with Gasteiger partial charge < -0.3 is 5.11 Å². The topological polar surface area (TPSA) is 20.2 Å². The minimum Gasteiger partial charge on any atom is -0.393 e. The maximum Gasteiger partial charge on any atom is 0.0580 e. The molecule has 0 bridgehead atoms. The van der Waals surface area contributed by atoms with Crippen molar-refractivity contribution in [3.05, 3.63) is 12.2 Å². The molecular formula is C15H24O. The lowest BCUT2D eigenvalue weighted by atomic mass is 9.57. The van der Waals surface area contributed by atoms with E-state index in [9.17, 15) is 5.11 Å². The molecule has 1 N–H and O–H groups in total. The molecule has 3 saturated carbocycles. The Bertz CT molecular complexity index is 360. The van der Waals surface area contributed by atoms with Crippen LogP contribution in [0.2, 0.25) is 0 Å². The van der Waals surface area contributed by atoms with Crippen LogP contribution in [0.15, 0.2) is 12.2 Å². The van der Waals surface area contributed by atoms with E-state index in [-0.39, 0.29) is 11.5 Å². The molecule has 3 fully saturated rings. The maximum absolute atomic E-state index is 10.3. The molecule has 0 radical (unpaired) electrons. The van der Waals surface area contributed by atoms with Crippen LogP contribution >= 0.6 is 0 Å². The van der Waals surface area contributed by atoms with Crippen LogP contribution in [-0.4, -0.2) is 11.2 Å². The van der Waals surface area contributed by atoms with Crippen molar-refractivity contribution < 1.29 is 5.11 Å². The largest absolute Gasteiger partial charge is 0.393 e. The average Bonchev–Trinajstić information content (AvgIpc) is 2.67. The first-order valence-electron chi connectivity index (χ1n) is 6.74. The first kappa shape index (κ1) is 10.8. The molecule has 3 aliphatic rings. The normalized spacial score (nSPS) is 60.1. The first-order chi connectivity index (χ1) is 7.37. The van der Waals surface area contributed by atoms with Gasteiger partial charge in [-0.2, -0.15) is 0 Å². The minimum absolute atomic E-state index is 0.112. The lowest BCUT2D eigenvalue weighted by Crippen LogP contribution is -2.42. The summed E-state index contributed by atoms with van der Waals surface area (Å²) in [5.74, 6) is 0.448. The van der Waals surface area contributed by atoms with E-state index >= 15 is 0 Å². The van der Waals surface area contributed by atoms with E-state index in [2.05, 4.69) is 27.4 Å². The Morgan fingerprint density at radius 2 is 2.00 bits per heavy atom. The predicted octanol–water partition coefficient (Wildman–Crippen LogP) is 3.53. The third-order valence-electron chi connectivity index (χ3n) is 6.72. The van der Waals surface area contributed by atoms with Crippen LogP contribution < -0.4 is 0 Å². The van der Waals surface area contributed by atoms with E-state index in [4.69, 9.17) is 0 Å². The fraction of sp³-hybridized carbons (Fsp3) is 0.867. The third kappa shape index (κ3) is 0.827. The molecule has 0 aliphatic heterocycles. The Labute approximate surface area is 98.9 Å². The zero-order valence-corrected chi connectivity index (χ0v) is 10.8. The maximum atomic E-state index is 10.3. The summed E-state index contributed by atoms with van der Waals surface area (Å²) in [7, 11) is 0. The van der Waals surface area contributed by atoms with E-state index in [1.165, 1.54) is 31.3 Å². The van der Waals surface area contributed by atoms with Gasteiger partial charge >= 0.3 is 0 Å². The quantitative estimate of drug-likeness (QED) is 0.619. The Morgan fingerprint density at radius 3 is 2.69 bits per heavy atom. The summed E-state index contributed by atoms with van der Waals surface area (Å²) in [6.45, 7) is 11.4. The molecule has 3 aliphatic carbocycles. The Morgan fingerprint density at radius 1 is 1.31 bits per heavy atom. The van der Waals surface area contributed by atoms with Crippen LogP contribution in [0.25, 0.3) is 0 Å². The number of allylic oxidation sites excluding steroid dienone is 1. The standard InChI is InChI=1S/C15H24O/c1-10-8-13(3)6-5-7-15(13)11(2)12(16)9-14(10,15)4/h11-12,16H,1,5-9H2,2-4H3/t11-,12?,13+,14+,15-/m0/s1. The second kappa shape index (κ2) is 2.75. The van der Waals surface area contributed by atoms with Gasteiger partial charge in [-0.05, 0) is 47.8 Å². The van der Waals surface area contributed by atoms with Crippen LogP contribution in [0.5, 0.6) is 0 Å². The molecule has 0 aromatic heterocycles. The molecule has 5 atom stereocenters. The molecule has 1 nitrogen and oxygen atoms in total. The van der Waals surface area contributed by atoms with Gasteiger partial charge in [-0.25, -0.2) is 0 Å². The smallest absolute Gasteiger partial charge is 0.0580 e. The van der Waals surface area contributed by atoms with Gasteiger partial charge in [0.1, 0.15) is 0 Å². The fourth-order valence-electron chi connectivity index (χ4n) is 5.98. The van der Waals surface area contributed by atoms with Gasteiger partial charge in [-0.15, -0.1) is 0 Å². The summed E-state index contributed by atoms with van der Waals surface area (Å²) in [5.41, 5.74) is 2.38. The van der Waals surface area contributed by atoms with Gasteiger partial charge in [0.25, 0.3) is 0 Å². The van der Waals surface area contributed by atoms with Crippen molar-refractivity contribution >= 4 is 0 Å². The van der Waals surface area contributed by atoms with Crippen LogP contribution in [0.1, 0.15) is 52.9 Å². The SMILES string of the molecule is C=C1C[C@@]2(C)CCC[C@]23[C@@H](C)C(O)C[C@]13C. The molecule has 0 saturated heterocycles. The summed E-state index contributed by atoms with van der Waals surface area (Å²) >= 11 is 0. The lowest BCUT2D eigenvalue weighted by Gasteiger charge is -2.46. The van der Waals surface area contributed by atoms with Crippen molar-refractivity contribution in [3.8, 4) is 0 Å². The fourth-order valence-corrected chi connectivity index (χ4v) is 5.98. The highest BCUT2D eigenvalue weighted by Gasteiger charge is 2.72.